The number of rotatable bonds is 11. The molecule has 1 aromatic heterocycles. The number of nitrogens with zero attached hydrogens (tertiary/aromatic N) is 5. The fourth-order valence-corrected chi connectivity index (χ4v) is 10.4. The lowest BCUT2D eigenvalue weighted by molar-refractivity contribution is -0.385. The first-order chi connectivity index (χ1) is 24.6. The highest BCUT2D eigenvalue weighted by Crippen LogP contribution is 2.60. The summed E-state index contributed by atoms with van der Waals surface area (Å²) in [5.41, 5.74) is -0.290. The van der Waals surface area contributed by atoms with Gasteiger partial charge in [0, 0.05) is 60.6 Å². The molecule has 18 nitrogen and oxygen atoms in total. The molecule has 7 N–H and O–H groups in total. The molecule has 4 heterocycles. The number of ether oxygens (including phenoxy) is 2. The molecule has 3 aliphatic heterocycles. The predicted molar refractivity (Wildman–Crippen MR) is 183 cm³/mol. The molecule has 3 aliphatic rings. The second-order valence-corrected chi connectivity index (χ2v) is 18.0. The number of non-ortho nitro benzene ring substituents is 1. The average molecular weight is 743 g/mol. The zero-order valence-corrected chi connectivity index (χ0v) is 29.6. The molecule has 3 aromatic rings. The second-order valence-electron chi connectivity index (χ2n) is 14.1. The normalized spacial score (nSPS) is 30.2. The van der Waals surface area contributed by atoms with Crippen molar-refractivity contribution in [3.05, 3.63) is 75.6 Å². The van der Waals surface area contributed by atoms with Crippen molar-refractivity contribution < 1.29 is 54.3 Å². The van der Waals surface area contributed by atoms with Crippen molar-refractivity contribution in [3.8, 4) is 0 Å². The summed E-state index contributed by atoms with van der Waals surface area (Å²) in [6.45, 7) is 5.57. The van der Waals surface area contributed by atoms with Crippen LogP contribution in [0.1, 0.15) is 30.2 Å². The van der Waals surface area contributed by atoms with E-state index in [9.17, 15) is 50.0 Å². The summed E-state index contributed by atoms with van der Waals surface area (Å²) < 4.78 is 13.4. The first-order valence-corrected chi connectivity index (χ1v) is 19.9. The summed E-state index contributed by atoms with van der Waals surface area (Å²) >= 11 is 0. The number of carbonyl (C=O) groups is 2. The standard InChI is InChI=1S/C33H42N6O12Si/c1-17-29(52(2,3)49)24(9-11-37-16-20(10-12-40)35-36-37)51-33(17)22-14-21(39(47)48)7-8-23(22)38(32(33)46)15-18-5-4-6-19(13-18)34-30(44)28-26(42)25(41)27(43)31(45)50-28/h4-8,13-14,16-17,24-29,31,40-43,45,49H,9-12,15H2,1-3H3,(H,34,44)/t17-,24+,25-,26-,27+,28-,29-,31+,33+/m0/s1. The number of hydrogen-bond acceptors (Lipinski definition) is 14. The van der Waals surface area contributed by atoms with Crippen LogP contribution in [0.15, 0.2) is 48.7 Å². The number of aliphatic hydroxyl groups is 5. The molecule has 2 amide bonds. The van der Waals surface area contributed by atoms with Crippen LogP contribution in [0, 0.1) is 16.0 Å². The lowest BCUT2D eigenvalue weighted by Gasteiger charge is -2.37. The van der Waals surface area contributed by atoms with Crippen LogP contribution in [0.5, 0.6) is 0 Å². The highest BCUT2D eigenvalue weighted by atomic mass is 28.4. The summed E-state index contributed by atoms with van der Waals surface area (Å²) in [6, 6.07) is 10.6. The van der Waals surface area contributed by atoms with Crippen molar-refractivity contribution in [2.75, 3.05) is 16.8 Å². The minimum Gasteiger partial charge on any atom is -0.432 e. The molecule has 9 atom stereocenters. The monoisotopic (exact) mass is 742 g/mol. The molecule has 0 unspecified atom stereocenters. The number of nitrogens with one attached hydrogen (secondary N) is 1. The molecule has 280 valence electrons. The second kappa shape index (κ2) is 14.3. The highest BCUT2D eigenvalue weighted by molar-refractivity contribution is 6.71. The van der Waals surface area contributed by atoms with E-state index in [-0.39, 0.29) is 24.5 Å². The van der Waals surface area contributed by atoms with Gasteiger partial charge in [0.1, 0.15) is 18.3 Å². The number of fused-ring (bicyclic) bond motifs is 2. The molecule has 0 bridgehead atoms. The molecule has 19 heteroatoms. The summed E-state index contributed by atoms with van der Waals surface area (Å²) in [7, 11) is -3.05. The van der Waals surface area contributed by atoms with Crippen molar-refractivity contribution >= 4 is 37.2 Å². The predicted octanol–water partition coefficient (Wildman–Crippen LogP) is -0.106. The van der Waals surface area contributed by atoms with Gasteiger partial charge in [-0.25, -0.2) is 0 Å². The largest absolute Gasteiger partial charge is 0.432 e. The van der Waals surface area contributed by atoms with E-state index >= 15 is 0 Å². The maximum Gasteiger partial charge on any atom is 0.269 e. The van der Waals surface area contributed by atoms with Crippen LogP contribution < -0.4 is 10.2 Å². The van der Waals surface area contributed by atoms with Gasteiger partial charge in [0.25, 0.3) is 17.5 Å². The van der Waals surface area contributed by atoms with Crippen LogP contribution >= 0.6 is 0 Å². The number of carbonyl (C=O) groups excluding carboxylic acids is 2. The van der Waals surface area contributed by atoms with Gasteiger partial charge in [-0.05, 0) is 43.3 Å². The van der Waals surface area contributed by atoms with E-state index in [0.717, 1.165) is 0 Å². The molecule has 0 radical (unpaired) electrons. The Balaban J connectivity index is 1.29. The molecule has 1 spiro atoms. The van der Waals surface area contributed by atoms with Gasteiger partial charge in [-0.3, -0.25) is 24.4 Å². The fraction of sp³-hybridized carbons (Fsp3) is 0.515. The maximum absolute atomic E-state index is 14.8. The third-order valence-corrected chi connectivity index (χ3v) is 12.7. The average Bonchev–Trinajstić information content (AvgIpc) is 3.74. The molecule has 52 heavy (non-hydrogen) atoms. The smallest absolute Gasteiger partial charge is 0.269 e. The van der Waals surface area contributed by atoms with Crippen molar-refractivity contribution in [2.24, 2.45) is 5.92 Å². The van der Waals surface area contributed by atoms with Crippen molar-refractivity contribution in [1.29, 1.82) is 0 Å². The maximum atomic E-state index is 14.8. The van der Waals surface area contributed by atoms with Gasteiger partial charge in [0.05, 0.1) is 29.0 Å². The van der Waals surface area contributed by atoms with Crippen LogP contribution in [0.2, 0.25) is 18.6 Å². The van der Waals surface area contributed by atoms with Gasteiger partial charge in [-0.1, -0.05) is 24.3 Å². The molecule has 2 fully saturated rings. The van der Waals surface area contributed by atoms with Gasteiger partial charge in [-0.2, -0.15) is 0 Å². The third kappa shape index (κ3) is 6.74. The van der Waals surface area contributed by atoms with Gasteiger partial charge < -0.3 is 50.0 Å². The van der Waals surface area contributed by atoms with E-state index in [1.54, 1.807) is 42.2 Å². The Morgan fingerprint density at radius 1 is 1.12 bits per heavy atom. The third-order valence-electron chi connectivity index (χ3n) is 10.2. The Morgan fingerprint density at radius 2 is 1.87 bits per heavy atom. The Labute approximate surface area is 298 Å². The summed E-state index contributed by atoms with van der Waals surface area (Å²) in [5, 5.41) is 71.8. The molecule has 0 saturated carbocycles. The van der Waals surface area contributed by atoms with Crippen LogP contribution in [0.4, 0.5) is 17.1 Å². The molecule has 2 saturated heterocycles. The molecular formula is C33H42N6O12Si. The van der Waals surface area contributed by atoms with Crippen molar-refractivity contribution in [1.82, 2.24) is 15.0 Å². The molecule has 6 rings (SSSR count). The minimum absolute atomic E-state index is 0.0424. The van der Waals surface area contributed by atoms with E-state index in [0.29, 0.717) is 41.9 Å². The first kappa shape index (κ1) is 37.6. The van der Waals surface area contributed by atoms with Crippen LogP contribution in [0.25, 0.3) is 0 Å². The number of amides is 2. The molecule has 0 aliphatic carbocycles. The lowest BCUT2D eigenvalue weighted by Crippen LogP contribution is -2.60. The molecular weight excluding hydrogens is 700 g/mol. The van der Waals surface area contributed by atoms with Crippen LogP contribution in [0.3, 0.4) is 0 Å². The Kier molecular flexibility index (Phi) is 10.4. The minimum atomic E-state index is -3.05. The van der Waals surface area contributed by atoms with E-state index in [1.807, 2.05) is 6.92 Å². The number of hydrogen-bond donors (Lipinski definition) is 7. The van der Waals surface area contributed by atoms with Gasteiger partial charge in [0.15, 0.2) is 26.3 Å². The summed E-state index contributed by atoms with van der Waals surface area (Å²) in [4.78, 5) is 52.2. The zero-order chi connectivity index (χ0) is 37.7. The lowest BCUT2D eigenvalue weighted by atomic mass is 9.82. The quantitative estimate of drug-likeness (QED) is 0.0769. The van der Waals surface area contributed by atoms with E-state index < -0.39 is 78.9 Å². The highest BCUT2D eigenvalue weighted by Gasteiger charge is 2.66. The van der Waals surface area contributed by atoms with E-state index in [1.165, 1.54) is 29.2 Å². The number of aromatic nitrogens is 3. The fourth-order valence-electron chi connectivity index (χ4n) is 7.76. The Bertz CT molecular complexity index is 1840. The van der Waals surface area contributed by atoms with E-state index in [4.69, 9.17) is 9.47 Å². The number of nitro benzene ring substituents is 1. The number of anilines is 2. The Morgan fingerprint density at radius 3 is 2.56 bits per heavy atom. The van der Waals surface area contributed by atoms with Gasteiger partial charge >= 0.3 is 0 Å². The van der Waals surface area contributed by atoms with E-state index in [2.05, 4.69) is 15.6 Å². The molecule has 2 aromatic carbocycles. The first-order valence-electron chi connectivity index (χ1n) is 16.8. The van der Waals surface area contributed by atoms with Crippen LogP contribution in [-0.4, -0.2) is 114 Å². The summed E-state index contributed by atoms with van der Waals surface area (Å²) in [5.74, 6) is -1.97. The van der Waals surface area contributed by atoms with Crippen molar-refractivity contribution in [2.45, 2.75) is 93.9 Å². The number of aryl methyl sites for hydroxylation is 1. The summed E-state index contributed by atoms with van der Waals surface area (Å²) in [6.07, 6.45) is -7.31. The number of aliphatic hydroxyl groups excluding tert-OH is 5. The topological polar surface area (TPSA) is 263 Å². The number of benzene rings is 2. The van der Waals surface area contributed by atoms with Crippen molar-refractivity contribution in [3.63, 3.8) is 0 Å². The van der Waals surface area contributed by atoms with Gasteiger partial charge in [-0.15, -0.1) is 5.10 Å². The van der Waals surface area contributed by atoms with Gasteiger partial charge in [0.2, 0.25) is 0 Å². The Hall–Kier alpha value is -4.18. The zero-order valence-electron chi connectivity index (χ0n) is 28.6. The SMILES string of the molecule is C[C@H]1[C@H]([Si](C)(C)O)[C@@H](CCn2cc(CCO)nn2)O[C@]12C(=O)N(Cc1cccc(NC(=O)[C@H]3O[C@@H](O)[C@H](O)[C@@H](O)[C@@H]3O)c1)c1ccc([N+](=O)[O-])cc12. The number of nitro groups is 1. The van der Waals surface area contributed by atoms with Crippen LogP contribution in [-0.2, 0) is 44.2 Å².